The molecule has 3 rings (SSSR count). The molecule has 1 fully saturated rings. The summed E-state index contributed by atoms with van der Waals surface area (Å²) < 4.78 is 0.837. The van der Waals surface area contributed by atoms with E-state index in [4.69, 9.17) is 0 Å². The van der Waals surface area contributed by atoms with Crippen LogP contribution in [0, 0.1) is 10.1 Å². The molecule has 2 aromatic carbocycles. The Morgan fingerprint density at radius 1 is 0.818 bits per heavy atom. The maximum atomic E-state index is 12.2. The molecule has 1 heterocycles. The first-order valence-corrected chi connectivity index (χ1v) is 6.96. The molecule has 22 heavy (non-hydrogen) atoms. The van der Waals surface area contributed by atoms with Crippen LogP contribution in [0.5, 0.6) is 0 Å². The number of nitro groups is 1. The van der Waals surface area contributed by atoms with Crippen LogP contribution in [0.3, 0.4) is 0 Å². The lowest BCUT2D eigenvalue weighted by Gasteiger charge is -2.38. The van der Waals surface area contributed by atoms with Crippen molar-refractivity contribution < 1.29 is 14.5 Å². The van der Waals surface area contributed by atoms with Crippen LogP contribution in [0.2, 0.25) is 0 Å². The van der Waals surface area contributed by atoms with Gasteiger partial charge in [0.15, 0.2) is 0 Å². The number of nitro benzene ring substituents is 1. The highest BCUT2D eigenvalue weighted by atomic mass is 79.9. The van der Waals surface area contributed by atoms with Gasteiger partial charge in [0, 0.05) is 16.6 Å². The molecule has 0 bridgehead atoms. The van der Waals surface area contributed by atoms with E-state index >= 15 is 0 Å². The van der Waals surface area contributed by atoms with E-state index in [1.165, 1.54) is 24.3 Å². The molecular formula is C14H8BrN3O4. The minimum Gasteiger partial charge on any atom is -0.258 e. The lowest BCUT2D eigenvalue weighted by Crippen LogP contribution is -2.64. The lowest BCUT2D eigenvalue weighted by molar-refractivity contribution is -0.384. The predicted octanol–water partition coefficient (Wildman–Crippen LogP) is 3.92. The van der Waals surface area contributed by atoms with Crippen molar-refractivity contribution in [2.45, 2.75) is 0 Å². The Labute approximate surface area is 133 Å². The summed E-state index contributed by atoms with van der Waals surface area (Å²) in [7, 11) is 0. The van der Waals surface area contributed by atoms with Crippen molar-refractivity contribution in [1.29, 1.82) is 0 Å². The molecule has 2 aromatic rings. The van der Waals surface area contributed by atoms with Gasteiger partial charge < -0.3 is 0 Å². The lowest BCUT2D eigenvalue weighted by atomic mass is 10.2. The van der Waals surface area contributed by atoms with E-state index in [1.807, 2.05) is 0 Å². The molecule has 110 valence electrons. The molecular weight excluding hydrogens is 354 g/mol. The number of halogens is 1. The van der Waals surface area contributed by atoms with Crippen molar-refractivity contribution in [3.63, 3.8) is 0 Å². The highest BCUT2D eigenvalue weighted by Crippen LogP contribution is 2.31. The molecule has 0 saturated carbocycles. The van der Waals surface area contributed by atoms with Gasteiger partial charge in [0.1, 0.15) is 0 Å². The molecule has 0 N–H and O–H groups in total. The molecule has 0 atom stereocenters. The van der Waals surface area contributed by atoms with Crippen molar-refractivity contribution in [1.82, 2.24) is 0 Å². The number of amides is 4. The molecule has 1 saturated heterocycles. The smallest absolute Gasteiger partial charge is 0.258 e. The van der Waals surface area contributed by atoms with Gasteiger partial charge in [-0.3, -0.25) is 10.1 Å². The van der Waals surface area contributed by atoms with Crippen LogP contribution in [0.1, 0.15) is 0 Å². The third-order valence-electron chi connectivity index (χ3n) is 3.17. The summed E-state index contributed by atoms with van der Waals surface area (Å²) >= 11 is 3.28. The Morgan fingerprint density at radius 3 is 1.64 bits per heavy atom. The van der Waals surface area contributed by atoms with Gasteiger partial charge in [-0.15, -0.1) is 0 Å². The van der Waals surface area contributed by atoms with E-state index in [1.54, 1.807) is 24.3 Å². The van der Waals surface area contributed by atoms with Gasteiger partial charge >= 0.3 is 12.1 Å². The monoisotopic (exact) mass is 361 g/mol. The quantitative estimate of drug-likeness (QED) is 0.612. The minimum absolute atomic E-state index is 0.103. The average molecular weight is 362 g/mol. The number of non-ortho nitro benzene ring substituents is 1. The predicted molar refractivity (Wildman–Crippen MR) is 83.0 cm³/mol. The molecule has 0 spiro atoms. The fourth-order valence-electron chi connectivity index (χ4n) is 2.07. The minimum atomic E-state index is -0.544. The van der Waals surface area contributed by atoms with Crippen molar-refractivity contribution in [3.8, 4) is 0 Å². The summed E-state index contributed by atoms with van der Waals surface area (Å²) in [6.45, 7) is 0. The summed E-state index contributed by atoms with van der Waals surface area (Å²) in [5, 5.41) is 10.6. The summed E-state index contributed by atoms with van der Waals surface area (Å²) in [5.41, 5.74) is 0.666. The normalized spacial score (nSPS) is 14.0. The largest absolute Gasteiger partial charge is 0.345 e. The summed E-state index contributed by atoms with van der Waals surface area (Å²) in [6, 6.07) is 11.0. The Hall–Kier alpha value is -2.74. The third kappa shape index (κ3) is 2.23. The Bertz CT molecular complexity index is 758. The standard InChI is InChI=1S/C14H8BrN3O4/c15-9-1-3-10(4-2-9)16-13(19)17(14(16)20)11-5-7-12(8-6-11)18(21)22/h1-8H. The Kier molecular flexibility index (Phi) is 3.38. The number of anilines is 2. The van der Waals surface area contributed by atoms with Crippen LogP contribution in [0.15, 0.2) is 53.0 Å². The maximum absolute atomic E-state index is 12.2. The molecule has 0 unspecified atom stereocenters. The number of hydrogen-bond acceptors (Lipinski definition) is 4. The first kappa shape index (κ1) is 14.2. The zero-order valence-electron chi connectivity index (χ0n) is 11.0. The van der Waals surface area contributed by atoms with E-state index in [9.17, 15) is 19.7 Å². The molecule has 7 nitrogen and oxygen atoms in total. The fourth-order valence-corrected chi connectivity index (χ4v) is 2.34. The molecule has 0 aliphatic carbocycles. The molecule has 1 aliphatic rings. The van der Waals surface area contributed by atoms with E-state index in [-0.39, 0.29) is 5.69 Å². The second kappa shape index (κ2) is 5.23. The van der Waals surface area contributed by atoms with Crippen molar-refractivity contribution in [3.05, 3.63) is 63.1 Å². The maximum Gasteiger partial charge on any atom is 0.345 e. The van der Waals surface area contributed by atoms with Crippen LogP contribution in [0.4, 0.5) is 26.7 Å². The third-order valence-corrected chi connectivity index (χ3v) is 3.70. The molecule has 8 heteroatoms. The van der Waals surface area contributed by atoms with E-state index in [2.05, 4.69) is 15.9 Å². The van der Waals surface area contributed by atoms with Gasteiger partial charge in [-0.05, 0) is 36.4 Å². The number of carbonyl (C=O) groups is 2. The van der Waals surface area contributed by atoms with Crippen LogP contribution in [-0.4, -0.2) is 17.0 Å². The van der Waals surface area contributed by atoms with Gasteiger partial charge in [-0.2, -0.15) is 0 Å². The zero-order valence-corrected chi connectivity index (χ0v) is 12.6. The highest BCUT2D eigenvalue weighted by Gasteiger charge is 2.45. The first-order chi connectivity index (χ1) is 10.5. The second-order valence-electron chi connectivity index (χ2n) is 4.49. The average Bonchev–Trinajstić information content (AvgIpc) is 2.50. The number of hydrogen-bond donors (Lipinski definition) is 0. The zero-order chi connectivity index (χ0) is 15.9. The van der Waals surface area contributed by atoms with E-state index in [0.29, 0.717) is 11.4 Å². The molecule has 0 aromatic heterocycles. The number of imide groups is 2. The van der Waals surface area contributed by atoms with Gasteiger partial charge in [0.2, 0.25) is 0 Å². The van der Waals surface area contributed by atoms with E-state index < -0.39 is 17.0 Å². The molecule has 4 amide bonds. The number of rotatable bonds is 3. The summed E-state index contributed by atoms with van der Waals surface area (Å²) in [4.78, 5) is 36.4. The van der Waals surface area contributed by atoms with Gasteiger partial charge in [-0.1, -0.05) is 15.9 Å². The summed E-state index contributed by atoms with van der Waals surface area (Å²) in [6.07, 6.45) is 0. The molecule has 1 aliphatic heterocycles. The van der Waals surface area contributed by atoms with Crippen molar-refractivity contribution >= 4 is 45.1 Å². The Morgan fingerprint density at radius 2 is 1.23 bits per heavy atom. The number of urea groups is 2. The second-order valence-corrected chi connectivity index (χ2v) is 5.40. The Balaban J connectivity index is 1.83. The topological polar surface area (TPSA) is 83.8 Å². The van der Waals surface area contributed by atoms with Gasteiger partial charge in [0.25, 0.3) is 5.69 Å². The van der Waals surface area contributed by atoms with Crippen LogP contribution in [-0.2, 0) is 0 Å². The van der Waals surface area contributed by atoms with E-state index in [0.717, 1.165) is 14.3 Å². The molecule has 0 radical (unpaired) electrons. The van der Waals surface area contributed by atoms with Crippen LogP contribution in [0.25, 0.3) is 0 Å². The first-order valence-electron chi connectivity index (χ1n) is 6.17. The number of benzene rings is 2. The number of carbonyl (C=O) groups excluding carboxylic acids is 2. The van der Waals surface area contributed by atoms with Gasteiger partial charge in [0.05, 0.1) is 16.3 Å². The van der Waals surface area contributed by atoms with Crippen molar-refractivity contribution in [2.75, 3.05) is 9.80 Å². The fraction of sp³-hybridized carbons (Fsp3) is 0. The van der Waals surface area contributed by atoms with Crippen LogP contribution < -0.4 is 9.80 Å². The van der Waals surface area contributed by atoms with Crippen LogP contribution >= 0.6 is 15.9 Å². The van der Waals surface area contributed by atoms with Crippen molar-refractivity contribution in [2.24, 2.45) is 0 Å². The highest BCUT2D eigenvalue weighted by molar-refractivity contribution is 9.10. The SMILES string of the molecule is O=C1N(c2ccc(Br)cc2)C(=O)N1c1ccc([N+](=O)[O-])cc1. The summed E-state index contributed by atoms with van der Waals surface area (Å²) in [5.74, 6) is 0. The van der Waals surface area contributed by atoms with Gasteiger partial charge in [-0.25, -0.2) is 19.4 Å². The number of nitrogens with zero attached hydrogens (tertiary/aromatic N) is 3.